The van der Waals surface area contributed by atoms with E-state index >= 15 is 0 Å². The van der Waals surface area contributed by atoms with Gasteiger partial charge in [-0.3, -0.25) is 4.90 Å². The second-order valence-corrected chi connectivity index (χ2v) is 4.71. The van der Waals surface area contributed by atoms with Crippen LogP contribution in [0.25, 0.3) is 0 Å². The molecule has 4 nitrogen and oxygen atoms in total. The van der Waals surface area contributed by atoms with Gasteiger partial charge in [-0.2, -0.15) is 0 Å². The molecule has 106 valence electrons. The third-order valence-electron chi connectivity index (χ3n) is 3.40. The Bertz CT molecular complexity index is 408. The Balaban J connectivity index is 0.00000180. The van der Waals surface area contributed by atoms with Crippen molar-refractivity contribution in [3.05, 3.63) is 35.4 Å². The topological polar surface area (TPSA) is 41.6 Å². The van der Waals surface area contributed by atoms with Crippen molar-refractivity contribution in [2.24, 2.45) is 0 Å². The fraction of sp³-hybridized carbons (Fsp3) is 0.500. The van der Waals surface area contributed by atoms with Gasteiger partial charge in [0.25, 0.3) is 0 Å². The van der Waals surface area contributed by atoms with E-state index in [0.717, 1.165) is 26.2 Å². The maximum atomic E-state index is 11.3. The molecule has 0 spiro atoms. The molecule has 1 aliphatic rings. The van der Waals surface area contributed by atoms with Gasteiger partial charge in [-0.05, 0) is 24.6 Å². The molecule has 1 N–H and O–H groups in total. The lowest BCUT2D eigenvalue weighted by Gasteiger charge is -2.33. The maximum absolute atomic E-state index is 11.3. The van der Waals surface area contributed by atoms with Crippen LogP contribution >= 0.6 is 12.4 Å². The molecule has 0 radical (unpaired) electrons. The van der Waals surface area contributed by atoms with Gasteiger partial charge in [0.05, 0.1) is 12.7 Å². The number of nitrogens with zero attached hydrogens (tertiary/aromatic N) is 1. The standard InChI is InChI=1S/C14H20N2O2.ClH/c1-11-9-15-7-8-16(11)10-12-3-5-13(6-4-12)14(17)18-2;/h3-6,11,15H,7-10H2,1-2H3;1H. The Kier molecular flexibility index (Phi) is 6.28. The van der Waals surface area contributed by atoms with Gasteiger partial charge in [0.15, 0.2) is 0 Å². The summed E-state index contributed by atoms with van der Waals surface area (Å²) in [4.78, 5) is 13.8. The Morgan fingerprint density at radius 2 is 2.11 bits per heavy atom. The minimum atomic E-state index is -0.280. The first-order valence-corrected chi connectivity index (χ1v) is 6.32. The Hall–Kier alpha value is -1.10. The van der Waals surface area contributed by atoms with Crippen molar-refractivity contribution in [3.63, 3.8) is 0 Å². The smallest absolute Gasteiger partial charge is 0.337 e. The second-order valence-electron chi connectivity index (χ2n) is 4.71. The normalized spacial score (nSPS) is 19.6. The van der Waals surface area contributed by atoms with Crippen LogP contribution in [0.1, 0.15) is 22.8 Å². The number of halogens is 1. The van der Waals surface area contributed by atoms with Gasteiger partial charge in [-0.15, -0.1) is 12.4 Å². The summed E-state index contributed by atoms with van der Waals surface area (Å²) >= 11 is 0. The fourth-order valence-corrected chi connectivity index (χ4v) is 2.22. The highest BCUT2D eigenvalue weighted by Gasteiger charge is 2.17. The average molecular weight is 285 g/mol. The van der Waals surface area contributed by atoms with Crippen LogP contribution in [0.5, 0.6) is 0 Å². The van der Waals surface area contributed by atoms with E-state index in [1.165, 1.54) is 12.7 Å². The molecule has 1 unspecified atom stereocenters. The molecule has 5 heteroatoms. The predicted molar refractivity (Wildman–Crippen MR) is 77.8 cm³/mol. The molecule has 0 aliphatic carbocycles. The summed E-state index contributed by atoms with van der Waals surface area (Å²) in [5.41, 5.74) is 1.84. The summed E-state index contributed by atoms with van der Waals surface area (Å²) in [6.07, 6.45) is 0. The highest BCUT2D eigenvalue weighted by atomic mass is 35.5. The van der Waals surface area contributed by atoms with Crippen LogP contribution in [0.4, 0.5) is 0 Å². The van der Waals surface area contributed by atoms with Crippen molar-refractivity contribution in [2.75, 3.05) is 26.7 Å². The summed E-state index contributed by atoms with van der Waals surface area (Å²) in [5.74, 6) is -0.280. The SMILES string of the molecule is COC(=O)c1ccc(CN2CCNCC2C)cc1.Cl. The molecule has 1 aliphatic heterocycles. The summed E-state index contributed by atoms with van der Waals surface area (Å²) in [6, 6.07) is 8.21. The van der Waals surface area contributed by atoms with E-state index in [9.17, 15) is 4.79 Å². The highest BCUT2D eigenvalue weighted by molar-refractivity contribution is 5.89. The van der Waals surface area contributed by atoms with Gasteiger partial charge in [0, 0.05) is 32.2 Å². The number of nitrogens with one attached hydrogen (secondary N) is 1. The van der Waals surface area contributed by atoms with E-state index in [-0.39, 0.29) is 18.4 Å². The Labute approximate surface area is 120 Å². The molecule has 1 saturated heterocycles. The summed E-state index contributed by atoms with van der Waals surface area (Å²) in [7, 11) is 1.40. The molecule has 1 atom stereocenters. The lowest BCUT2D eigenvalue weighted by atomic mass is 10.1. The van der Waals surface area contributed by atoms with E-state index in [1.54, 1.807) is 0 Å². The molecule has 1 aromatic rings. The molecule has 1 aromatic carbocycles. The zero-order valence-corrected chi connectivity index (χ0v) is 12.2. The molecule has 2 rings (SSSR count). The number of hydrogen-bond donors (Lipinski definition) is 1. The van der Waals surface area contributed by atoms with E-state index in [0.29, 0.717) is 11.6 Å². The molecule has 19 heavy (non-hydrogen) atoms. The number of benzene rings is 1. The van der Waals surface area contributed by atoms with Gasteiger partial charge in [0.1, 0.15) is 0 Å². The molecule has 0 aromatic heterocycles. The molecule has 0 amide bonds. The monoisotopic (exact) mass is 284 g/mol. The van der Waals surface area contributed by atoms with Crippen LogP contribution in [0.15, 0.2) is 24.3 Å². The van der Waals surface area contributed by atoms with Gasteiger partial charge < -0.3 is 10.1 Å². The lowest BCUT2D eigenvalue weighted by molar-refractivity contribution is 0.0600. The van der Waals surface area contributed by atoms with Crippen LogP contribution in [-0.2, 0) is 11.3 Å². The second kappa shape index (κ2) is 7.48. The third kappa shape index (κ3) is 4.20. The van der Waals surface area contributed by atoms with Crippen molar-refractivity contribution >= 4 is 18.4 Å². The van der Waals surface area contributed by atoms with E-state index < -0.39 is 0 Å². The van der Waals surface area contributed by atoms with Gasteiger partial charge in [-0.25, -0.2) is 4.79 Å². The summed E-state index contributed by atoms with van der Waals surface area (Å²) in [6.45, 7) is 6.32. The summed E-state index contributed by atoms with van der Waals surface area (Å²) < 4.78 is 4.69. The van der Waals surface area contributed by atoms with Crippen LogP contribution < -0.4 is 5.32 Å². The van der Waals surface area contributed by atoms with Crippen molar-refractivity contribution in [1.29, 1.82) is 0 Å². The number of methoxy groups -OCH3 is 1. The lowest BCUT2D eigenvalue weighted by Crippen LogP contribution is -2.49. The van der Waals surface area contributed by atoms with Gasteiger partial charge in [-0.1, -0.05) is 12.1 Å². The van der Waals surface area contributed by atoms with Crippen LogP contribution in [-0.4, -0.2) is 43.7 Å². The van der Waals surface area contributed by atoms with Gasteiger partial charge in [0.2, 0.25) is 0 Å². The fourth-order valence-electron chi connectivity index (χ4n) is 2.22. The van der Waals surface area contributed by atoms with Crippen molar-refractivity contribution in [1.82, 2.24) is 10.2 Å². The molecular weight excluding hydrogens is 264 g/mol. The molecule has 1 fully saturated rings. The van der Waals surface area contributed by atoms with Crippen LogP contribution in [0.3, 0.4) is 0 Å². The first-order chi connectivity index (χ1) is 8.70. The Morgan fingerprint density at radius 1 is 1.42 bits per heavy atom. The zero-order valence-electron chi connectivity index (χ0n) is 11.4. The first kappa shape index (κ1) is 16.0. The molecule has 0 bridgehead atoms. The van der Waals surface area contributed by atoms with Crippen molar-refractivity contribution < 1.29 is 9.53 Å². The average Bonchev–Trinajstić information content (AvgIpc) is 2.41. The van der Waals surface area contributed by atoms with E-state index in [4.69, 9.17) is 0 Å². The highest BCUT2D eigenvalue weighted by Crippen LogP contribution is 2.11. The largest absolute Gasteiger partial charge is 0.465 e. The number of rotatable bonds is 3. The number of carbonyl (C=O) groups is 1. The predicted octanol–water partition coefficient (Wildman–Crippen LogP) is 1.69. The maximum Gasteiger partial charge on any atom is 0.337 e. The first-order valence-electron chi connectivity index (χ1n) is 6.32. The number of hydrogen-bond acceptors (Lipinski definition) is 4. The molecule has 0 saturated carbocycles. The third-order valence-corrected chi connectivity index (χ3v) is 3.40. The van der Waals surface area contributed by atoms with Crippen molar-refractivity contribution in [3.8, 4) is 0 Å². The minimum absolute atomic E-state index is 0. The van der Waals surface area contributed by atoms with Crippen molar-refractivity contribution in [2.45, 2.75) is 19.5 Å². The Morgan fingerprint density at radius 3 is 2.68 bits per heavy atom. The van der Waals surface area contributed by atoms with E-state index in [1.807, 2.05) is 24.3 Å². The molecular formula is C14H21ClN2O2. The van der Waals surface area contributed by atoms with Crippen LogP contribution in [0, 0.1) is 0 Å². The summed E-state index contributed by atoms with van der Waals surface area (Å²) in [5, 5.41) is 3.38. The zero-order chi connectivity index (χ0) is 13.0. The number of carbonyl (C=O) groups excluding carboxylic acids is 1. The molecule has 1 heterocycles. The van der Waals surface area contributed by atoms with Gasteiger partial charge >= 0.3 is 5.97 Å². The number of piperazine rings is 1. The minimum Gasteiger partial charge on any atom is -0.465 e. The number of esters is 1. The van der Waals surface area contributed by atoms with E-state index in [2.05, 4.69) is 21.9 Å². The van der Waals surface area contributed by atoms with Crippen LogP contribution in [0.2, 0.25) is 0 Å². The quantitative estimate of drug-likeness (QED) is 0.858. The number of ether oxygens (including phenoxy) is 1.